The Kier molecular flexibility index (Phi) is 4.60. The number of ether oxygens (including phenoxy) is 1. The standard InChI is InChI=1S/C17H17FN4O3/c1-10-14(11(2)22(3)20-10)8-16(23)24-9-15-19-17(25-21-15)12-4-6-13(18)7-5-12/h4-7H,8-9H2,1-3H3. The van der Waals surface area contributed by atoms with Gasteiger partial charge < -0.3 is 9.26 Å². The second-order valence-electron chi connectivity index (χ2n) is 5.63. The third-order valence-electron chi connectivity index (χ3n) is 3.90. The van der Waals surface area contributed by atoms with Gasteiger partial charge in [-0.05, 0) is 38.1 Å². The first kappa shape index (κ1) is 16.8. The molecule has 0 fully saturated rings. The van der Waals surface area contributed by atoms with Crippen molar-refractivity contribution >= 4 is 5.97 Å². The topological polar surface area (TPSA) is 83.0 Å². The number of rotatable bonds is 5. The number of carbonyl (C=O) groups excluding carboxylic acids is 1. The molecule has 3 aromatic rings. The molecule has 0 saturated carbocycles. The zero-order chi connectivity index (χ0) is 18.0. The second-order valence-corrected chi connectivity index (χ2v) is 5.63. The van der Waals surface area contributed by atoms with Crippen LogP contribution in [0.3, 0.4) is 0 Å². The molecule has 25 heavy (non-hydrogen) atoms. The number of aromatic nitrogens is 4. The van der Waals surface area contributed by atoms with E-state index < -0.39 is 5.97 Å². The van der Waals surface area contributed by atoms with Crippen molar-refractivity contribution in [2.24, 2.45) is 7.05 Å². The Balaban J connectivity index is 1.60. The molecule has 8 heteroatoms. The van der Waals surface area contributed by atoms with E-state index in [2.05, 4.69) is 15.2 Å². The Morgan fingerprint density at radius 2 is 2.00 bits per heavy atom. The van der Waals surface area contributed by atoms with Crippen LogP contribution in [0.2, 0.25) is 0 Å². The van der Waals surface area contributed by atoms with Gasteiger partial charge in [0, 0.05) is 23.9 Å². The van der Waals surface area contributed by atoms with Crippen molar-refractivity contribution in [3.05, 3.63) is 52.9 Å². The van der Waals surface area contributed by atoms with Gasteiger partial charge in [0.2, 0.25) is 5.82 Å². The Bertz CT molecular complexity index is 899. The molecule has 2 aromatic heterocycles. The van der Waals surface area contributed by atoms with E-state index in [1.165, 1.54) is 24.3 Å². The molecule has 0 atom stereocenters. The van der Waals surface area contributed by atoms with E-state index >= 15 is 0 Å². The molecule has 0 amide bonds. The van der Waals surface area contributed by atoms with E-state index in [1.54, 1.807) is 4.68 Å². The third-order valence-corrected chi connectivity index (χ3v) is 3.90. The van der Waals surface area contributed by atoms with Gasteiger partial charge in [-0.15, -0.1) is 0 Å². The summed E-state index contributed by atoms with van der Waals surface area (Å²) >= 11 is 0. The SMILES string of the molecule is Cc1nn(C)c(C)c1CC(=O)OCc1noc(-c2ccc(F)cc2)n1. The number of benzene rings is 1. The monoisotopic (exact) mass is 344 g/mol. The van der Waals surface area contributed by atoms with Crippen molar-refractivity contribution in [2.75, 3.05) is 0 Å². The predicted octanol–water partition coefficient (Wildman–Crippen LogP) is 2.51. The van der Waals surface area contributed by atoms with Crippen molar-refractivity contribution in [1.82, 2.24) is 19.9 Å². The van der Waals surface area contributed by atoms with Crippen LogP contribution in [-0.4, -0.2) is 25.9 Å². The van der Waals surface area contributed by atoms with Crippen LogP contribution in [0, 0.1) is 19.7 Å². The Labute approximate surface area is 143 Å². The Hall–Kier alpha value is -3.03. The molecule has 0 bridgehead atoms. The first-order valence-electron chi connectivity index (χ1n) is 7.67. The van der Waals surface area contributed by atoms with Gasteiger partial charge in [0.1, 0.15) is 5.82 Å². The largest absolute Gasteiger partial charge is 0.457 e. The minimum absolute atomic E-state index is 0.0954. The van der Waals surface area contributed by atoms with E-state index in [0.717, 1.165) is 17.0 Å². The molecular formula is C17H17FN4O3. The summed E-state index contributed by atoms with van der Waals surface area (Å²) in [6, 6.07) is 5.68. The van der Waals surface area contributed by atoms with E-state index in [9.17, 15) is 9.18 Å². The van der Waals surface area contributed by atoms with Crippen LogP contribution < -0.4 is 0 Å². The maximum atomic E-state index is 12.9. The van der Waals surface area contributed by atoms with E-state index in [0.29, 0.717) is 5.56 Å². The lowest BCUT2D eigenvalue weighted by molar-refractivity contribution is -0.144. The van der Waals surface area contributed by atoms with Gasteiger partial charge in [0.15, 0.2) is 6.61 Å². The molecule has 3 rings (SSSR count). The summed E-state index contributed by atoms with van der Waals surface area (Å²) in [6.07, 6.45) is 0.133. The zero-order valence-electron chi connectivity index (χ0n) is 14.1. The van der Waals surface area contributed by atoms with Crippen molar-refractivity contribution < 1.29 is 18.4 Å². The molecule has 0 N–H and O–H groups in total. The minimum Gasteiger partial charge on any atom is -0.457 e. The van der Waals surface area contributed by atoms with E-state index in [4.69, 9.17) is 9.26 Å². The van der Waals surface area contributed by atoms with Crippen LogP contribution in [0.25, 0.3) is 11.5 Å². The van der Waals surface area contributed by atoms with Gasteiger partial charge in [-0.1, -0.05) is 5.16 Å². The molecule has 0 aliphatic carbocycles. The number of hydrogen-bond acceptors (Lipinski definition) is 6. The quantitative estimate of drug-likeness (QED) is 0.661. The summed E-state index contributed by atoms with van der Waals surface area (Å²) in [4.78, 5) is 16.2. The van der Waals surface area contributed by atoms with Gasteiger partial charge >= 0.3 is 5.97 Å². The molecule has 0 aliphatic heterocycles. The average Bonchev–Trinajstić information content (AvgIpc) is 3.14. The molecule has 2 heterocycles. The number of aryl methyl sites for hydroxylation is 2. The van der Waals surface area contributed by atoms with Crippen LogP contribution >= 0.6 is 0 Å². The summed E-state index contributed by atoms with van der Waals surface area (Å²) in [7, 11) is 1.83. The number of esters is 1. The summed E-state index contributed by atoms with van der Waals surface area (Å²) in [5.74, 6) is -0.261. The number of carbonyl (C=O) groups is 1. The number of hydrogen-bond donors (Lipinski definition) is 0. The minimum atomic E-state index is -0.396. The Morgan fingerprint density at radius 1 is 1.28 bits per heavy atom. The first-order chi connectivity index (χ1) is 11.9. The lowest BCUT2D eigenvalue weighted by Crippen LogP contribution is -2.10. The van der Waals surface area contributed by atoms with Gasteiger partial charge in [-0.25, -0.2) is 4.39 Å². The van der Waals surface area contributed by atoms with Gasteiger partial charge in [0.25, 0.3) is 5.89 Å². The molecule has 0 radical (unpaired) electrons. The van der Waals surface area contributed by atoms with Crippen LogP contribution in [0.4, 0.5) is 4.39 Å². The lowest BCUT2D eigenvalue weighted by atomic mass is 10.1. The molecule has 0 spiro atoms. The normalized spacial score (nSPS) is 10.9. The van der Waals surface area contributed by atoms with Gasteiger partial charge in [0.05, 0.1) is 12.1 Å². The fourth-order valence-corrected chi connectivity index (χ4v) is 2.44. The van der Waals surface area contributed by atoms with Crippen LogP contribution in [0.15, 0.2) is 28.8 Å². The second kappa shape index (κ2) is 6.84. The highest BCUT2D eigenvalue weighted by atomic mass is 19.1. The maximum Gasteiger partial charge on any atom is 0.310 e. The molecular weight excluding hydrogens is 327 g/mol. The third kappa shape index (κ3) is 3.73. The fraction of sp³-hybridized carbons (Fsp3) is 0.294. The smallest absolute Gasteiger partial charge is 0.310 e. The van der Waals surface area contributed by atoms with E-state index in [1.807, 2.05) is 20.9 Å². The summed E-state index contributed by atoms with van der Waals surface area (Å²) in [5.41, 5.74) is 3.17. The van der Waals surface area contributed by atoms with Gasteiger partial charge in [-0.3, -0.25) is 9.48 Å². The van der Waals surface area contributed by atoms with Crippen molar-refractivity contribution in [3.63, 3.8) is 0 Å². The summed E-state index contributed by atoms with van der Waals surface area (Å²) in [6.45, 7) is 3.66. The molecule has 0 aliphatic rings. The fourth-order valence-electron chi connectivity index (χ4n) is 2.44. The number of halogens is 1. The maximum absolute atomic E-state index is 12.9. The van der Waals surface area contributed by atoms with Crippen molar-refractivity contribution in [1.29, 1.82) is 0 Å². The van der Waals surface area contributed by atoms with Gasteiger partial charge in [-0.2, -0.15) is 10.1 Å². The molecule has 0 unspecified atom stereocenters. The molecule has 0 saturated heterocycles. The molecule has 7 nitrogen and oxygen atoms in total. The lowest BCUT2D eigenvalue weighted by Gasteiger charge is -2.03. The molecule has 1 aromatic carbocycles. The first-order valence-corrected chi connectivity index (χ1v) is 7.67. The van der Waals surface area contributed by atoms with Crippen LogP contribution in [0.1, 0.15) is 22.8 Å². The highest BCUT2D eigenvalue weighted by molar-refractivity contribution is 5.73. The summed E-state index contributed by atoms with van der Waals surface area (Å²) in [5, 5.41) is 8.03. The van der Waals surface area contributed by atoms with Crippen molar-refractivity contribution in [3.8, 4) is 11.5 Å². The van der Waals surface area contributed by atoms with Crippen LogP contribution in [-0.2, 0) is 29.6 Å². The zero-order valence-corrected chi connectivity index (χ0v) is 14.1. The predicted molar refractivity (Wildman–Crippen MR) is 85.9 cm³/mol. The van der Waals surface area contributed by atoms with E-state index in [-0.39, 0.29) is 30.6 Å². The highest BCUT2D eigenvalue weighted by Crippen LogP contribution is 2.18. The summed E-state index contributed by atoms with van der Waals surface area (Å²) < 4.78 is 24.9. The average molecular weight is 344 g/mol. The van der Waals surface area contributed by atoms with Crippen molar-refractivity contribution in [2.45, 2.75) is 26.9 Å². The highest BCUT2D eigenvalue weighted by Gasteiger charge is 2.16. The number of nitrogens with zero attached hydrogens (tertiary/aromatic N) is 4. The van der Waals surface area contributed by atoms with Crippen LogP contribution in [0.5, 0.6) is 0 Å². The Morgan fingerprint density at radius 3 is 2.64 bits per heavy atom. The molecule has 130 valence electrons.